The zero-order valence-corrected chi connectivity index (χ0v) is 25.2. The second-order valence-corrected chi connectivity index (χ2v) is 12.6. The molecule has 5 rings (SSSR count). The van der Waals surface area contributed by atoms with E-state index in [0.717, 1.165) is 41.6 Å². The van der Waals surface area contributed by atoms with E-state index in [1.54, 1.807) is 30.3 Å². The molecular formula is C31H38N8O4. The molecule has 1 fully saturated rings. The molecule has 2 aromatic carbocycles. The van der Waals surface area contributed by atoms with Crippen LogP contribution in [0.15, 0.2) is 36.4 Å². The first kappa shape index (κ1) is 29.9. The Balaban J connectivity index is 1.34. The molecule has 0 radical (unpaired) electrons. The number of carbonyl (C=O) groups is 4. The van der Waals surface area contributed by atoms with E-state index in [1.807, 2.05) is 19.9 Å². The summed E-state index contributed by atoms with van der Waals surface area (Å²) >= 11 is 0. The summed E-state index contributed by atoms with van der Waals surface area (Å²) in [5.41, 5.74) is 3.59. The van der Waals surface area contributed by atoms with Gasteiger partial charge in [-0.25, -0.2) is 4.79 Å². The number of urea groups is 1. The van der Waals surface area contributed by atoms with Crippen LogP contribution >= 0.6 is 0 Å². The number of anilines is 2. The summed E-state index contributed by atoms with van der Waals surface area (Å²) in [6.07, 6.45) is 3.93. The maximum Gasteiger partial charge on any atom is 0.320 e. The summed E-state index contributed by atoms with van der Waals surface area (Å²) in [4.78, 5) is 52.2. The van der Waals surface area contributed by atoms with Gasteiger partial charge in [0.25, 0.3) is 23.7 Å². The van der Waals surface area contributed by atoms with Crippen LogP contribution in [0.25, 0.3) is 0 Å². The molecule has 0 bridgehead atoms. The molecule has 1 aliphatic heterocycles. The zero-order chi connectivity index (χ0) is 30.9. The molecule has 2 heterocycles. The van der Waals surface area contributed by atoms with Crippen LogP contribution in [0.4, 0.5) is 16.4 Å². The van der Waals surface area contributed by atoms with E-state index in [1.165, 1.54) is 0 Å². The molecule has 226 valence electrons. The van der Waals surface area contributed by atoms with Crippen LogP contribution in [0.1, 0.15) is 114 Å². The highest BCUT2D eigenvalue weighted by Crippen LogP contribution is 2.48. The smallest absolute Gasteiger partial charge is 0.317 e. The number of hydrogen-bond acceptors (Lipinski definition) is 7. The van der Waals surface area contributed by atoms with Crippen LogP contribution in [0.2, 0.25) is 0 Å². The molecule has 1 aromatic heterocycles. The summed E-state index contributed by atoms with van der Waals surface area (Å²) in [6.45, 7) is 10.7. The Morgan fingerprint density at radius 3 is 2.37 bits per heavy atom. The number of rotatable bonds is 7. The first-order chi connectivity index (χ1) is 20.4. The minimum atomic E-state index is -0.531. The third-order valence-corrected chi connectivity index (χ3v) is 8.39. The lowest BCUT2D eigenvalue weighted by molar-refractivity contribution is 0.0878. The van der Waals surface area contributed by atoms with Crippen molar-refractivity contribution in [1.82, 2.24) is 30.8 Å². The second kappa shape index (κ2) is 11.9. The maximum atomic E-state index is 13.2. The van der Waals surface area contributed by atoms with Crippen molar-refractivity contribution in [3.05, 3.63) is 64.2 Å². The fourth-order valence-corrected chi connectivity index (χ4v) is 6.20. The van der Waals surface area contributed by atoms with Crippen molar-refractivity contribution in [3.8, 4) is 0 Å². The summed E-state index contributed by atoms with van der Waals surface area (Å²) in [5.74, 6) is -0.567. The lowest BCUT2D eigenvalue weighted by atomic mass is 9.67. The fourth-order valence-electron chi connectivity index (χ4n) is 6.20. The van der Waals surface area contributed by atoms with Gasteiger partial charge in [-0.15, -0.1) is 9.90 Å². The van der Waals surface area contributed by atoms with Crippen LogP contribution in [0.5, 0.6) is 0 Å². The van der Waals surface area contributed by atoms with Crippen LogP contribution in [-0.2, 0) is 6.67 Å². The topological polar surface area (TPSA) is 160 Å². The Morgan fingerprint density at radius 1 is 1.02 bits per heavy atom. The van der Waals surface area contributed by atoms with Gasteiger partial charge in [0.1, 0.15) is 6.67 Å². The molecule has 1 aliphatic carbocycles. The predicted molar refractivity (Wildman–Crippen MR) is 161 cm³/mol. The summed E-state index contributed by atoms with van der Waals surface area (Å²) in [7, 11) is 0. The van der Waals surface area contributed by atoms with Crippen LogP contribution < -0.4 is 21.3 Å². The molecule has 0 atom stereocenters. The molecule has 0 spiro atoms. The summed E-state index contributed by atoms with van der Waals surface area (Å²) < 4.78 is 0. The quantitative estimate of drug-likeness (QED) is 0.282. The first-order valence-electron chi connectivity index (χ1n) is 14.7. The van der Waals surface area contributed by atoms with Gasteiger partial charge in [0.15, 0.2) is 0 Å². The van der Waals surface area contributed by atoms with Crippen molar-refractivity contribution in [2.75, 3.05) is 10.6 Å². The summed E-state index contributed by atoms with van der Waals surface area (Å²) in [5, 5.41) is 22.5. The van der Waals surface area contributed by atoms with Crippen LogP contribution in [0, 0.1) is 11.3 Å². The maximum absolute atomic E-state index is 13.2. The number of nitrogens with zero attached hydrogens (tertiary/aromatic N) is 4. The number of carbonyl (C=O) groups excluding carboxylic acids is 4. The van der Waals surface area contributed by atoms with E-state index in [4.69, 9.17) is 0 Å². The minimum Gasteiger partial charge on any atom is -0.317 e. The second-order valence-electron chi connectivity index (χ2n) is 12.6. The monoisotopic (exact) mass is 586 g/mol. The first-order valence-corrected chi connectivity index (χ1v) is 14.7. The predicted octanol–water partition coefficient (Wildman–Crippen LogP) is 5.03. The molecule has 12 heteroatoms. The number of fused-ring (bicyclic) bond motifs is 1. The average molecular weight is 587 g/mol. The van der Waals surface area contributed by atoms with Crippen molar-refractivity contribution >= 4 is 35.4 Å². The van der Waals surface area contributed by atoms with Crippen molar-refractivity contribution < 1.29 is 19.2 Å². The van der Waals surface area contributed by atoms with E-state index in [2.05, 4.69) is 57.4 Å². The lowest BCUT2D eigenvalue weighted by Gasteiger charge is -2.38. The largest absolute Gasteiger partial charge is 0.320 e. The van der Waals surface area contributed by atoms with Crippen molar-refractivity contribution in [2.45, 2.75) is 78.8 Å². The third kappa shape index (κ3) is 6.42. The van der Waals surface area contributed by atoms with Gasteiger partial charge < -0.3 is 10.6 Å². The van der Waals surface area contributed by atoms with Gasteiger partial charge in [0.05, 0.1) is 11.1 Å². The normalized spacial score (nSPS) is 18.3. The highest BCUT2D eigenvalue weighted by atomic mass is 16.2. The Kier molecular flexibility index (Phi) is 8.30. The number of tetrazole rings is 1. The number of benzene rings is 2. The molecule has 0 unspecified atom stereocenters. The van der Waals surface area contributed by atoms with E-state index in [9.17, 15) is 19.2 Å². The Hall–Kier alpha value is -4.61. The highest BCUT2D eigenvalue weighted by molar-refractivity contribution is 6.23. The zero-order valence-electron chi connectivity index (χ0n) is 25.2. The third-order valence-electron chi connectivity index (χ3n) is 8.39. The van der Waals surface area contributed by atoms with Gasteiger partial charge in [-0.2, -0.15) is 0 Å². The number of nitrogens with one attached hydrogen (secondary N) is 4. The van der Waals surface area contributed by atoms with Gasteiger partial charge in [0, 0.05) is 11.3 Å². The summed E-state index contributed by atoms with van der Waals surface area (Å²) in [6, 6.07) is 9.73. The van der Waals surface area contributed by atoms with Gasteiger partial charge in [-0.1, -0.05) is 57.9 Å². The van der Waals surface area contributed by atoms with Crippen molar-refractivity contribution in [2.24, 2.45) is 11.3 Å². The Labute approximate surface area is 250 Å². The van der Waals surface area contributed by atoms with Crippen LogP contribution in [-0.4, -0.2) is 44.0 Å². The molecule has 0 saturated heterocycles. The molecule has 4 N–H and O–H groups in total. The molecule has 2 aliphatic rings. The van der Waals surface area contributed by atoms with Gasteiger partial charge in [-0.3, -0.25) is 25.0 Å². The number of aromatic nitrogens is 4. The Bertz CT molecular complexity index is 1550. The fraction of sp³-hybridized carbons (Fsp3) is 0.452. The van der Waals surface area contributed by atoms with Crippen molar-refractivity contribution in [3.63, 3.8) is 0 Å². The molecule has 43 heavy (non-hydrogen) atoms. The molecule has 1 saturated carbocycles. The van der Waals surface area contributed by atoms with E-state index in [-0.39, 0.29) is 41.3 Å². The van der Waals surface area contributed by atoms with E-state index >= 15 is 0 Å². The number of imide groups is 1. The highest BCUT2D eigenvalue weighted by Gasteiger charge is 2.38. The average Bonchev–Trinajstić information content (AvgIpc) is 3.53. The minimum absolute atomic E-state index is 0.0000777. The van der Waals surface area contributed by atoms with E-state index < -0.39 is 17.8 Å². The van der Waals surface area contributed by atoms with Gasteiger partial charge in [0.2, 0.25) is 0 Å². The molecule has 5 amide bonds. The SMILES string of the molecule is CC(C)c1c2c(cc(NC(=O)NCn3nnc(NC(=O)c4ccccc4)n3)c1C1CCC(C(C)(C)C)CC1)C(=O)NC2=O. The van der Waals surface area contributed by atoms with Gasteiger partial charge >= 0.3 is 6.03 Å². The van der Waals surface area contributed by atoms with E-state index in [0.29, 0.717) is 22.7 Å². The van der Waals surface area contributed by atoms with Gasteiger partial charge in [-0.05, 0) is 83.4 Å². The number of hydrogen-bond donors (Lipinski definition) is 4. The lowest BCUT2D eigenvalue weighted by Crippen LogP contribution is -2.32. The van der Waals surface area contributed by atoms with Crippen molar-refractivity contribution in [1.29, 1.82) is 0 Å². The molecular weight excluding hydrogens is 548 g/mol. The molecule has 3 aromatic rings. The standard InChI is InChI=1S/C31H38N8O4/c1-17(2)23-24(18-11-13-20(14-12-18)31(3,4)5)22(15-21-25(23)28(42)34-27(21)41)33-30(43)32-16-39-37-29(36-38-39)35-26(40)19-9-7-6-8-10-19/h6-10,15,17-18,20H,11-14,16H2,1-5H3,(H2,32,33,43)(H,34,41,42)(H,35,37,40). The number of amides is 5. The Morgan fingerprint density at radius 2 is 1.72 bits per heavy atom. The molecule has 12 nitrogen and oxygen atoms in total. The van der Waals surface area contributed by atoms with Crippen LogP contribution in [0.3, 0.4) is 0 Å².